The van der Waals surface area contributed by atoms with E-state index in [4.69, 9.17) is 0 Å². The molecule has 4 heteroatoms. The van der Waals surface area contributed by atoms with Crippen LogP contribution >= 0.6 is 15.9 Å². The Morgan fingerprint density at radius 3 is 2.59 bits per heavy atom. The standard InChI is InChI=1S/C13H20BrN3/c14-12-9-16-17(11-5-7-15-8-6-11)13(12)10-3-1-2-4-10/h9-11,15H,1-8H2. The van der Waals surface area contributed by atoms with E-state index in [-0.39, 0.29) is 0 Å². The van der Waals surface area contributed by atoms with Crippen molar-refractivity contribution in [2.24, 2.45) is 0 Å². The number of halogens is 1. The lowest BCUT2D eigenvalue weighted by atomic mass is 10.0. The Morgan fingerprint density at radius 1 is 1.18 bits per heavy atom. The second-order valence-electron chi connectivity index (χ2n) is 5.28. The predicted octanol–water partition coefficient (Wildman–Crippen LogP) is 3.23. The minimum absolute atomic E-state index is 0.609. The van der Waals surface area contributed by atoms with Crippen molar-refractivity contribution in [3.63, 3.8) is 0 Å². The highest BCUT2D eigenvalue weighted by Gasteiger charge is 2.27. The fraction of sp³-hybridized carbons (Fsp3) is 0.769. The van der Waals surface area contributed by atoms with Gasteiger partial charge in [-0.2, -0.15) is 5.10 Å². The Kier molecular flexibility index (Phi) is 3.52. The van der Waals surface area contributed by atoms with Crippen LogP contribution < -0.4 is 5.32 Å². The maximum absolute atomic E-state index is 4.63. The summed E-state index contributed by atoms with van der Waals surface area (Å²) < 4.78 is 3.55. The first kappa shape index (κ1) is 11.7. The number of nitrogens with one attached hydrogen (secondary N) is 1. The molecule has 0 atom stereocenters. The summed E-state index contributed by atoms with van der Waals surface area (Å²) in [5, 5.41) is 8.05. The minimum atomic E-state index is 0.609. The molecule has 1 aliphatic carbocycles. The Hall–Kier alpha value is -0.350. The zero-order valence-corrected chi connectivity index (χ0v) is 11.7. The van der Waals surface area contributed by atoms with Crippen LogP contribution in [0, 0.1) is 0 Å². The van der Waals surface area contributed by atoms with Gasteiger partial charge in [0.05, 0.1) is 22.4 Å². The second-order valence-corrected chi connectivity index (χ2v) is 6.14. The SMILES string of the molecule is Brc1cnn(C2CCNCC2)c1C1CCCC1. The van der Waals surface area contributed by atoms with Crippen LogP contribution in [-0.2, 0) is 0 Å². The van der Waals surface area contributed by atoms with Crippen molar-refractivity contribution in [3.8, 4) is 0 Å². The molecule has 3 rings (SSSR count). The highest BCUT2D eigenvalue weighted by molar-refractivity contribution is 9.10. The van der Waals surface area contributed by atoms with Crippen molar-refractivity contribution in [1.29, 1.82) is 0 Å². The van der Waals surface area contributed by atoms with Gasteiger partial charge in [-0.25, -0.2) is 0 Å². The molecule has 0 amide bonds. The van der Waals surface area contributed by atoms with Gasteiger partial charge in [0.15, 0.2) is 0 Å². The van der Waals surface area contributed by atoms with E-state index < -0.39 is 0 Å². The van der Waals surface area contributed by atoms with Gasteiger partial charge in [-0.1, -0.05) is 12.8 Å². The van der Waals surface area contributed by atoms with E-state index >= 15 is 0 Å². The fourth-order valence-electron chi connectivity index (χ4n) is 3.27. The molecule has 0 bridgehead atoms. The maximum atomic E-state index is 4.63. The quantitative estimate of drug-likeness (QED) is 0.908. The predicted molar refractivity (Wildman–Crippen MR) is 72.3 cm³/mol. The molecular weight excluding hydrogens is 278 g/mol. The average Bonchev–Trinajstić information content (AvgIpc) is 2.99. The second kappa shape index (κ2) is 5.11. The van der Waals surface area contributed by atoms with Crippen LogP contribution in [0.2, 0.25) is 0 Å². The summed E-state index contributed by atoms with van der Waals surface area (Å²) in [5.74, 6) is 0.738. The van der Waals surface area contributed by atoms with Crippen LogP contribution in [0.4, 0.5) is 0 Å². The molecule has 0 aromatic carbocycles. The summed E-state index contributed by atoms with van der Waals surface area (Å²) in [6, 6.07) is 0.609. The third-order valence-electron chi connectivity index (χ3n) is 4.18. The number of aromatic nitrogens is 2. The molecule has 1 N–H and O–H groups in total. The maximum Gasteiger partial charge on any atom is 0.0635 e. The lowest BCUT2D eigenvalue weighted by Gasteiger charge is -2.26. The number of hydrogen-bond acceptors (Lipinski definition) is 2. The first-order valence-electron chi connectivity index (χ1n) is 6.80. The van der Waals surface area contributed by atoms with Gasteiger partial charge in [-0.15, -0.1) is 0 Å². The van der Waals surface area contributed by atoms with Crippen molar-refractivity contribution >= 4 is 15.9 Å². The van der Waals surface area contributed by atoms with Crippen LogP contribution in [-0.4, -0.2) is 22.9 Å². The molecule has 2 fully saturated rings. The molecule has 1 saturated carbocycles. The zero-order valence-electron chi connectivity index (χ0n) is 10.2. The summed E-state index contributed by atoms with van der Waals surface area (Å²) in [5.41, 5.74) is 1.47. The molecule has 0 unspecified atom stereocenters. The van der Waals surface area contributed by atoms with Gasteiger partial charge in [0.2, 0.25) is 0 Å². The molecule has 94 valence electrons. The fourth-order valence-corrected chi connectivity index (χ4v) is 3.87. The molecule has 1 aromatic heterocycles. The lowest BCUT2D eigenvalue weighted by molar-refractivity contribution is 0.329. The first-order valence-corrected chi connectivity index (χ1v) is 7.59. The van der Waals surface area contributed by atoms with Gasteiger partial charge < -0.3 is 5.32 Å². The highest BCUT2D eigenvalue weighted by Crippen LogP contribution is 2.39. The van der Waals surface area contributed by atoms with Crippen molar-refractivity contribution in [1.82, 2.24) is 15.1 Å². The molecular formula is C13H20BrN3. The van der Waals surface area contributed by atoms with E-state index in [2.05, 4.69) is 31.0 Å². The number of hydrogen-bond donors (Lipinski definition) is 1. The summed E-state index contributed by atoms with van der Waals surface area (Å²) >= 11 is 3.69. The van der Waals surface area contributed by atoms with Crippen LogP contribution in [0.25, 0.3) is 0 Å². The van der Waals surface area contributed by atoms with Crippen molar-refractivity contribution < 1.29 is 0 Å². The van der Waals surface area contributed by atoms with Crippen molar-refractivity contribution in [2.75, 3.05) is 13.1 Å². The van der Waals surface area contributed by atoms with E-state index in [0.717, 1.165) is 19.0 Å². The summed E-state index contributed by atoms with van der Waals surface area (Å²) in [6.45, 7) is 2.26. The Labute approximate surface area is 111 Å². The van der Waals surface area contributed by atoms with Gasteiger partial charge in [0.1, 0.15) is 0 Å². The molecule has 3 nitrogen and oxygen atoms in total. The Balaban J connectivity index is 1.87. The van der Waals surface area contributed by atoms with Gasteiger partial charge in [-0.3, -0.25) is 4.68 Å². The largest absolute Gasteiger partial charge is 0.317 e. The molecule has 2 aliphatic rings. The third-order valence-corrected chi connectivity index (χ3v) is 4.79. The van der Waals surface area contributed by atoms with Crippen molar-refractivity contribution in [2.45, 2.75) is 50.5 Å². The number of rotatable bonds is 2. The lowest BCUT2D eigenvalue weighted by Crippen LogP contribution is -2.30. The van der Waals surface area contributed by atoms with E-state index in [1.165, 1.54) is 48.7 Å². The monoisotopic (exact) mass is 297 g/mol. The van der Waals surface area contributed by atoms with Crippen LogP contribution in [0.15, 0.2) is 10.7 Å². The van der Waals surface area contributed by atoms with E-state index in [9.17, 15) is 0 Å². The van der Waals surface area contributed by atoms with E-state index in [0.29, 0.717) is 6.04 Å². The summed E-state index contributed by atoms with van der Waals surface area (Å²) in [7, 11) is 0. The van der Waals surface area contributed by atoms with E-state index in [1.807, 2.05) is 6.20 Å². The van der Waals surface area contributed by atoms with Gasteiger partial charge >= 0.3 is 0 Å². The Bertz CT molecular complexity index is 376. The third kappa shape index (κ3) is 2.29. The topological polar surface area (TPSA) is 29.9 Å². The molecule has 17 heavy (non-hydrogen) atoms. The molecule has 0 spiro atoms. The normalized spacial score (nSPS) is 23.4. The smallest absolute Gasteiger partial charge is 0.0635 e. The molecule has 1 aromatic rings. The first-order chi connectivity index (χ1) is 8.36. The van der Waals surface area contributed by atoms with Gasteiger partial charge in [0.25, 0.3) is 0 Å². The summed E-state index contributed by atoms with van der Waals surface area (Å²) in [4.78, 5) is 0. The highest BCUT2D eigenvalue weighted by atomic mass is 79.9. The Morgan fingerprint density at radius 2 is 1.88 bits per heavy atom. The minimum Gasteiger partial charge on any atom is -0.317 e. The van der Waals surface area contributed by atoms with Crippen LogP contribution in [0.1, 0.15) is 56.2 Å². The van der Waals surface area contributed by atoms with E-state index in [1.54, 1.807) is 0 Å². The van der Waals surface area contributed by atoms with Gasteiger partial charge in [-0.05, 0) is 54.7 Å². The molecule has 0 radical (unpaired) electrons. The number of nitrogens with zero attached hydrogens (tertiary/aromatic N) is 2. The van der Waals surface area contributed by atoms with Gasteiger partial charge in [0, 0.05) is 5.92 Å². The van der Waals surface area contributed by atoms with Crippen LogP contribution in [0.3, 0.4) is 0 Å². The molecule has 1 aliphatic heterocycles. The molecule has 2 heterocycles. The molecule has 1 saturated heterocycles. The average molecular weight is 298 g/mol. The van der Waals surface area contributed by atoms with Crippen molar-refractivity contribution in [3.05, 3.63) is 16.4 Å². The van der Waals surface area contributed by atoms with Crippen LogP contribution in [0.5, 0.6) is 0 Å². The zero-order chi connectivity index (χ0) is 11.7. The number of piperidine rings is 1. The summed E-state index contributed by atoms with van der Waals surface area (Å²) in [6.07, 6.45) is 9.88.